The van der Waals surface area contributed by atoms with Crippen LogP contribution in [0, 0.1) is 29.6 Å². The third-order valence-corrected chi connectivity index (χ3v) is 5.54. The minimum atomic E-state index is 0.727. The van der Waals surface area contributed by atoms with E-state index in [4.69, 9.17) is 0 Å². The molecule has 0 amide bonds. The Morgan fingerprint density at radius 1 is 0.842 bits per heavy atom. The largest absolute Gasteiger partial charge is 0.0848 e. The van der Waals surface area contributed by atoms with Crippen molar-refractivity contribution in [3.8, 4) is 0 Å². The fourth-order valence-corrected chi connectivity index (χ4v) is 3.03. The molecule has 0 nitrogen and oxygen atoms in total. The van der Waals surface area contributed by atoms with Gasteiger partial charge >= 0.3 is 0 Å². The highest BCUT2D eigenvalue weighted by molar-refractivity contribution is 5.10. The molecule has 0 aromatic rings. The lowest BCUT2D eigenvalue weighted by atomic mass is 9.72. The van der Waals surface area contributed by atoms with Gasteiger partial charge in [-0.3, -0.25) is 0 Å². The van der Waals surface area contributed by atoms with Gasteiger partial charge in [0.25, 0.3) is 0 Å². The van der Waals surface area contributed by atoms with Crippen molar-refractivity contribution < 1.29 is 0 Å². The van der Waals surface area contributed by atoms with Crippen molar-refractivity contribution >= 4 is 0 Å². The SMILES string of the molecule is CCCC=C(C(C)CC)C(C)C(C)C(C)C(C)CC. The van der Waals surface area contributed by atoms with Gasteiger partial charge in [-0.15, -0.1) is 0 Å². The Morgan fingerprint density at radius 3 is 1.84 bits per heavy atom. The van der Waals surface area contributed by atoms with Crippen LogP contribution in [-0.4, -0.2) is 0 Å². The highest BCUT2D eigenvalue weighted by Gasteiger charge is 2.26. The smallest absolute Gasteiger partial charge is 0.0201 e. The Labute approximate surface area is 123 Å². The van der Waals surface area contributed by atoms with E-state index in [2.05, 4.69) is 61.5 Å². The zero-order valence-corrected chi connectivity index (χ0v) is 14.8. The Bertz CT molecular complexity index is 251. The van der Waals surface area contributed by atoms with Gasteiger partial charge in [0.05, 0.1) is 0 Å². The first-order chi connectivity index (χ1) is 8.90. The summed E-state index contributed by atoms with van der Waals surface area (Å²) in [5, 5.41) is 0. The van der Waals surface area contributed by atoms with E-state index in [0.717, 1.165) is 29.6 Å². The molecular weight excluding hydrogens is 228 g/mol. The summed E-state index contributed by atoms with van der Waals surface area (Å²) in [7, 11) is 0. The molecule has 0 N–H and O–H groups in total. The van der Waals surface area contributed by atoms with E-state index >= 15 is 0 Å². The Morgan fingerprint density at radius 2 is 1.42 bits per heavy atom. The Kier molecular flexibility index (Phi) is 9.48. The Hall–Kier alpha value is -0.260. The molecule has 0 saturated carbocycles. The first kappa shape index (κ1) is 18.7. The molecule has 0 spiro atoms. The number of unbranched alkanes of at least 4 members (excludes halogenated alkanes) is 1. The zero-order valence-electron chi connectivity index (χ0n) is 14.8. The van der Waals surface area contributed by atoms with Gasteiger partial charge in [0.1, 0.15) is 0 Å². The maximum absolute atomic E-state index is 2.54. The van der Waals surface area contributed by atoms with Crippen LogP contribution in [0.15, 0.2) is 11.6 Å². The predicted molar refractivity (Wildman–Crippen MR) is 89.4 cm³/mol. The number of hydrogen-bond acceptors (Lipinski definition) is 0. The normalized spacial score (nSPS) is 20.7. The van der Waals surface area contributed by atoms with Crippen LogP contribution >= 0.6 is 0 Å². The lowest BCUT2D eigenvalue weighted by molar-refractivity contribution is 0.219. The molecule has 0 aromatic carbocycles. The average molecular weight is 267 g/mol. The summed E-state index contributed by atoms with van der Waals surface area (Å²) in [4.78, 5) is 0. The molecule has 0 saturated heterocycles. The molecule has 0 aromatic heterocycles. The second-order valence-electron chi connectivity index (χ2n) is 6.69. The first-order valence-corrected chi connectivity index (χ1v) is 8.60. The molecule has 0 bridgehead atoms. The van der Waals surface area contributed by atoms with Gasteiger partial charge in [-0.25, -0.2) is 0 Å². The molecule has 19 heavy (non-hydrogen) atoms. The van der Waals surface area contributed by atoms with E-state index in [9.17, 15) is 0 Å². The van der Waals surface area contributed by atoms with Gasteiger partial charge in [-0.05, 0) is 42.4 Å². The minimum Gasteiger partial charge on any atom is -0.0848 e. The van der Waals surface area contributed by atoms with Crippen LogP contribution in [0.3, 0.4) is 0 Å². The number of rotatable bonds is 9. The summed E-state index contributed by atoms with van der Waals surface area (Å²) in [6, 6.07) is 0. The summed E-state index contributed by atoms with van der Waals surface area (Å²) >= 11 is 0. The van der Waals surface area contributed by atoms with Crippen LogP contribution in [0.4, 0.5) is 0 Å². The van der Waals surface area contributed by atoms with Crippen molar-refractivity contribution in [2.75, 3.05) is 0 Å². The van der Waals surface area contributed by atoms with Crippen molar-refractivity contribution in [2.24, 2.45) is 29.6 Å². The minimum absolute atomic E-state index is 0.727. The fourth-order valence-electron chi connectivity index (χ4n) is 3.03. The summed E-state index contributed by atoms with van der Waals surface area (Å²) < 4.78 is 0. The summed E-state index contributed by atoms with van der Waals surface area (Å²) in [6.07, 6.45) is 7.62. The van der Waals surface area contributed by atoms with Crippen LogP contribution < -0.4 is 0 Å². The van der Waals surface area contributed by atoms with Gasteiger partial charge in [-0.1, -0.05) is 79.9 Å². The molecule has 0 heteroatoms. The maximum atomic E-state index is 2.54. The first-order valence-electron chi connectivity index (χ1n) is 8.60. The molecule has 0 fully saturated rings. The van der Waals surface area contributed by atoms with E-state index < -0.39 is 0 Å². The van der Waals surface area contributed by atoms with Gasteiger partial charge in [-0.2, -0.15) is 0 Å². The molecule has 0 heterocycles. The predicted octanol–water partition coefficient (Wildman–Crippen LogP) is 6.71. The monoisotopic (exact) mass is 266 g/mol. The van der Waals surface area contributed by atoms with Gasteiger partial charge in [0, 0.05) is 0 Å². The second-order valence-corrected chi connectivity index (χ2v) is 6.69. The summed E-state index contributed by atoms with van der Waals surface area (Å²) in [6.45, 7) is 19.1. The summed E-state index contributed by atoms with van der Waals surface area (Å²) in [5.74, 6) is 3.90. The second kappa shape index (κ2) is 9.61. The van der Waals surface area contributed by atoms with Gasteiger partial charge in [0.2, 0.25) is 0 Å². The van der Waals surface area contributed by atoms with Gasteiger partial charge < -0.3 is 0 Å². The van der Waals surface area contributed by atoms with Crippen molar-refractivity contribution in [2.45, 2.75) is 81.1 Å². The topological polar surface area (TPSA) is 0 Å². The van der Waals surface area contributed by atoms with Crippen molar-refractivity contribution in [1.82, 2.24) is 0 Å². The zero-order chi connectivity index (χ0) is 15.0. The maximum Gasteiger partial charge on any atom is -0.0201 e. The van der Waals surface area contributed by atoms with Crippen molar-refractivity contribution in [1.29, 1.82) is 0 Å². The average Bonchev–Trinajstić information content (AvgIpc) is 2.44. The number of allylic oxidation sites excluding steroid dienone is 2. The van der Waals surface area contributed by atoms with Crippen LogP contribution in [0.1, 0.15) is 81.1 Å². The van der Waals surface area contributed by atoms with E-state index in [-0.39, 0.29) is 0 Å². The molecule has 0 aliphatic heterocycles. The lowest BCUT2D eigenvalue weighted by Gasteiger charge is -2.33. The fraction of sp³-hybridized carbons (Fsp3) is 0.895. The molecule has 0 rings (SSSR count). The van der Waals surface area contributed by atoms with Crippen LogP contribution in [0.2, 0.25) is 0 Å². The Balaban J connectivity index is 4.92. The highest BCUT2D eigenvalue weighted by atomic mass is 14.3. The van der Waals surface area contributed by atoms with Crippen LogP contribution in [0.25, 0.3) is 0 Å². The van der Waals surface area contributed by atoms with Gasteiger partial charge in [0.15, 0.2) is 0 Å². The molecule has 5 unspecified atom stereocenters. The molecule has 0 aliphatic carbocycles. The molecule has 0 aliphatic rings. The highest BCUT2D eigenvalue weighted by Crippen LogP contribution is 2.36. The number of hydrogen-bond donors (Lipinski definition) is 0. The van der Waals surface area contributed by atoms with Crippen LogP contribution in [0.5, 0.6) is 0 Å². The van der Waals surface area contributed by atoms with Crippen LogP contribution in [-0.2, 0) is 0 Å². The third-order valence-electron chi connectivity index (χ3n) is 5.54. The quantitative estimate of drug-likeness (QED) is 0.407. The van der Waals surface area contributed by atoms with E-state index in [1.807, 2.05) is 0 Å². The van der Waals surface area contributed by atoms with Crippen molar-refractivity contribution in [3.63, 3.8) is 0 Å². The lowest BCUT2D eigenvalue weighted by Crippen LogP contribution is -2.25. The third kappa shape index (κ3) is 5.71. The van der Waals surface area contributed by atoms with E-state index in [1.54, 1.807) is 5.57 Å². The van der Waals surface area contributed by atoms with Crippen molar-refractivity contribution in [3.05, 3.63) is 11.6 Å². The molecular formula is C19H38. The molecule has 5 atom stereocenters. The summed E-state index contributed by atoms with van der Waals surface area (Å²) in [5.41, 5.74) is 1.71. The standard InChI is InChI=1S/C19H38/c1-9-12-13-19(15(5)11-3)18(8)17(7)16(6)14(4)10-2/h13-18H,9-12H2,1-8H3. The molecule has 0 radical (unpaired) electrons. The van der Waals surface area contributed by atoms with E-state index in [1.165, 1.54) is 25.7 Å². The van der Waals surface area contributed by atoms with E-state index in [0.29, 0.717) is 0 Å². The molecule has 114 valence electrons.